The molecule has 0 aliphatic heterocycles. The fraction of sp³-hybridized carbons (Fsp3) is 0.250. The van der Waals surface area contributed by atoms with Crippen LogP contribution >= 0.6 is 0 Å². The lowest BCUT2D eigenvalue weighted by Gasteiger charge is -2.22. The predicted molar refractivity (Wildman–Crippen MR) is 120 cm³/mol. The van der Waals surface area contributed by atoms with Crippen LogP contribution in [0, 0.1) is 0 Å². The quantitative estimate of drug-likeness (QED) is 0.401. The van der Waals surface area contributed by atoms with Gasteiger partial charge in [0.1, 0.15) is 0 Å². The molecule has 0 aliphatic rings. The van der Waals surface area contributed by atoms with E-state index in [1.165, 1.54) is 31.4 Å². The molecule has 0 amide bonds. The molecule has 12 heteroatoms. The van der Waals surface area contributed by atoms with Gasteiger partial charge in [0, 0.05) is 5.56 Å². The molecule has 0 aromatic heterocycles. The van der Waals surface area contributed by atoms with E-state index in [9.17, 15) is 28.8 Å². The molecule has 36 heavy (non-hydrogen) atoms. The van der Waals surface area contributed by atoms with Crippen LogP contribution in [0.5, 0.6) is 0 Å². The Bertz CT molecular complexity index is 1180. The number of carbonyl (C=O) groups is 6. The monoisotopic (exact) mass is 502 g/mol. The zero-order chi connectivity index (χ0) is 27.2. The molecule has 0 saturated heterocycles. The third-order valence-corrected chi connectivity index (χ3v) is 5.04. The number of carbonyl (C=O) groups excluding carboxylic acids is 6. The van der Waals surface area contributed by atoms with Crippen LogP contribution in [0.3, 0.4) is 0 Å². The Morgan fingerprint density at radius 1 is 0.417 bits per heavy atom. The normalized spacial score (nSPS) is 10.1. The minimum Gasteiger partial charge on any atom is -0.465 e. The number of rotatable bonds is 7. The molecule has 190 valence electrons. The molecule has 0 fully saturated rings. The van der Waals surface area contributed by atoms with Crippen molar-refractivity contribution >= 4 is 35.8 Å². The molecule has 0 spiro atoms. The summed E-state index contributed by atoms with van der Waals surface area (Å²) in [4.78, 5) is 76.6. The van der Waals surface area contributed by atoms with Crippen LogP contribution in [-0.2, 0) is 28.4 Å². The zero-order valence-electron chi connectivity index (χ0n) is 20.2. The number of hydrogen-bond acceptors (Lipinski definition) is 12. The molecule has 2 rings (SSSR count). The van der Waals surface area contributed by atoms with Crippen LogP contribution in [0.15, 0.2) is 24.3 Å². The summed E-state index contributed by atoms with van der Waals surface area (Å²) in [5.41, 5.74) is -3.52. The summed E-state index contributed by atoms with van der Waals surface area (Å²) in [7, 11) is 6.08. The summed E-state index contributed by atoms with van der Waals surface area (Å²) in [5.74, 6) is -6.67. The van der Waals surface area contributed by atoms with E-state index in [2.05, 4.69) is 4.74 Å². The first-order valence-electron chi connectivity index (χ1n) is 9.97. The van der Waals surface area contributed by atoms with E-state index in [1.54, 1.807) is 0 Å². The van der Waals surface area contributed by atoms with Crippen molar-refractivity contribution < 1.29 is 57.2 Å². The van der Waals surface area contributed by atoms with E-state index >= 15 is 0 Å². The van der Waals surface area contributed by atoms with Gasteiger partial charge in [-0.1, -0.05) is 12.1 Å². The molecular weight excluding hydrogens is 480 g/mol. The summed E-state index contributed by atoms with van der Waals surface area (Å²) in [6, 6.07) is 5.26. The summed E-state index contributed by atoms with van der Waals surface area (Å²) < 4.78 is 28.6. The number of esters is 6. The van der Waals surface area contributed by atoms with Crippen molar-refractivity contribution in [3.8, 4) is 11.1 Å². The molecule has 0 atom stereocenters. The maximum Gasteiger partial charge on any atom is 0.339 e. The third-order valence-electron chi connectivity index (χ3n) is 5.04. The van der Waals surface area contributed by atoms with E-state index in [1.807, 2.05) is 0 Å². The van der Waals surface area contributed by atoms with Crippen LogP contribution < -0.4 is 0 Å². The van der Waals surface area contributed by atoms with Gasteiger partial charge < -0.3 is 28.4 Å². The fourth-order valence-electron chi connectivity index (χ4n) is 3.46. The molecule has 0 radical (unpaired) electrons. The first kappa shape index (κ1) is 27.5. The summed E-state index contributed by atoms with van der Waals surface area (Å²) in [6.45, 7) is 0. The van der Waals surface area contributed by atoms with Crippen LogP contribution in [0.1, 0.15) is 62.1 Å². The van der Waals surface area contributed by atoms with Crippen molar-refractivity contribution in [2.45, 2.75) is 0 Å². The summed E-state index contributed by atoms with van der Waals surface area (Å²) in [5, 5.41) is 0. The van der Waals surface area contributed by atoms with Gasteiger partial charge in [0.15, 0.2) is 0 Å². The van der Waals surface area contributed by atoms with Gasteiger partial charge in [0.2, 0.25) is 0 Å². The van der Waals surface area contributed by atoms with Gasteiger partial charge in [-0.25, -0.2) is 28.8 Å². The van der Waals surface area contributed by atoms with Crippen molar-refractivity contribution in [1.29, 1.82) is 0 Å². The van der Waals surface area contributed by atoms with Crippen molar-refractivity contribution in [2.75, 3.05) is 42.7 Å². The average molecular weight is 502 g/mol. The first-order chi connectivity index (χ1) is 17.1. The van der Waals surface area contributed by atoms with Crippen molar-refractivity contribution in [1.82, 2.24) is 0 Å². The largest absolute Gasteiger partial charge is 0.465 e. The SMILES string of the molecule is COC(=O)c1ccc(-c2c(C(=O)OC)c(C(=O)OC)c(C(=O)OC)c(C(=O)OC)c2C(=O)OC)cc1. The van der Waals surface area contributed by atoms with Gasteiger partial charge in [-0.15, -0.1) is 0 Å². The van der Waals surface area contributed by atoms with Gasteiger partial charge >= 0.3 is 35.8 Å². The smallest absolute Gasteiger partial charge is 0.339 e. The lowest BCUT2D eigenvalue weighted by Crippen LogP contribution is -2.27. The molecule has 0 aliphatic carbocycles. The van der Waals surface area contributed by atoms with Crippen molar-refractivity contribution in [3.63, 3.8) is 0 Å². The number of methoxy groups -OCH3 is 6. The Labute approximate surface area is 205 Å². The highest BCUT2D eigenvalue weighted by Gasteiger charge is 2.40. The number of hydrogen-bond donors (Lipinski definition) is 0. The molecule has 0 heterocycles. The minimum absolute atomic E-state index is 0.0650. The summed E-state index contributed by atoms with van der Waals surface area (Å²) in [6.07, 6.45) is 0. The summed E-state index contributed by atoms with van der Waals surface area (Å²) >= 11 is 0. The van der Waals surface area contributed by atoms with E-state index in [0.29, 0.717) is 0 Å². The standard InChI is InChI=1S/C24H22O12/c1-31-19(25)12-9-7-11(8-10-12)13-14(20(26)32-2)16(22(28)34-4)18(24(30)36-6)17(23(29)35-5)15(13)21(27)33-3/h7-10H,1-6H3. The molecular formula is C24H22O12. The average Bonchev–Trinajstić information content (AvgIpc) is 2.92. The molecule has 0 N–H and O–H groups in total. The Balaban J connectivity index is 3.32. The molecule has 2 aromatic carbocycles. The lowest BCUT2D eigenvalue weighted by atomic mass is 9.83. The van der Waals surface area contributed by atoms with E-state index in [4.69, 9.17) is 23.7 Å². The van der Waals surface area contributed by atoms with Crippen LogP contribution in [0.4, 0.5) is 0 Å². The van der Waals surface area contributed by atoms with Crippen LogP contribution in [0.25, 0.3) is 11.1 Å². The first-order valence-corrected chi connectivity index (χ1v) is 9.97. The maximum atomic E-state index is 13.0. The van der Waals surface area contributed by atoms with Crippen molar-refractivity contribution in [2.24, 2.45) is 0 Å². The molecule has 2 aromatic rings. The van der Waals surface area contributed by atoms with Gasteiger partial charge in [0.25, 0.3) is 0 Å². The van der Waals surface area contributed by atoms with Crippen LogP contribution in [0.2, 0.25) is 0 Å². The second-order valence-electron chi connectivity index (χ2n) is 6.78. The van der Waals surface area contributed by atoms with Gasteiger partial charge in [-0.2, -0.15) is 0 Å². The van der Waals surface area contributed by atoms with E-state index in [0.717, 1.165) is 35.5 Å². The molecule has 12 nitrogen and oxygen atoms in total. The van der Waals surface area contributed by atoms with Crippen molar-refractivity contribution in [3.05, 3.63) is 57.6 Å². The van der Waals surface area contributed by atoms with E-state index in [-0.39, 0.29) is 16.7 Å². The van der Waals surface area contributed by atoms with Gasteiger partial charge in [0.05, 0.1) is 76.0 Å². The second kappa shape index (κ2) is 11.6. The Hall–Kier alpha value is -4.74. The molecule has 0 unspecified atom stereocenters. The number of benzene rings is 2. The van der Waals surface area contributed by atoms with Gasteiger partial charge in [-0.05, 0) is 17.7 Å². The zero-order valence-corrected chi connectivity index (χ0v) is 20.2. The highest BCUT2D eigenvalue weighted by molar-refractivity contribution is 6.23. The minimum atomic E-state index is -1.25. The fourth-order valence-corrected chi connectivity index (χ4v) is 3.46. The van der Waals surface area contributed by atoms with E-state index < -0.39 is 63.6 Å². The highest BCUT2D eigenvalue weighted by atomic mass is 16.5. The lowest BCUT2D eigenvalue weighted by molar-refractivity contribution is 0.0511. The Morgan fingerprint density at radius 3 is 1.00 bits per heavy atom. The molecule has 0 bridgehead atoms. The number of ether oxygens (including phenoxy) is 6. The maximum absolute atomic E-state index is 13.0. The Kier molecular flexibility index (Phi) is 8.86. The second-order valence-corrected chi connectivity index (χ2v) is 6.78. The molecule has 0 saturated carbocycles. The third kappa shape index (κ3) is 4.87. The van der Waals surface area contributed by atoms with Crippen LogP contribution in [-0.4, -0.2) is 78.5 Å². The highest BCUT2D eigenvalue weighted by Crippen LogP contribution is 2.38. The Morgan fingerprint density at radius 2 is 0.694 bits per heavy atom. The topological polar surface area (TPSA) is 158 Å². The predicted octanol–water partition coefficient (Wildman–Crippen LogP) is 2.07. The van der Waals surface area contributed by atoms with Gasteiger partial charge in [-0.3, -0.25) is 0 Å².